The normalized spacial score (nSPS) is 20.0. The molecule has 5 aromatic rings. The quantitative estimate of drug-likeness (QED) is 0.164. The lowest BCUT2D eigenvalue weighted by atomic mass is 9.80. The number of benzene rings is 4. The number of halogens is 2. The van der Waals surface area contributed by atoms with Crippen LogP contribution in [0.4, 0.5) is 4.39 Å². The van der Waals surface area contributed by atoms with Gasteiger partial charge >= 0.3 is 5.69 Å². The molecule has 0 bridgehead atoms. The van der Waals surface area contributed by atoms with E-state index in [1.807, 2.05) is 91.0 Å². The van der Waals surface area contributed by atoms with E-state index in [9.17, 15) is 14.4 Å². The van der Waals surface area contributed by atoms with Gasteiger partial charge in [0.25, 0.3) is 11.5 Å². The van der Waals surface area contributed by atoms with Gasteiger partial charge in [-0.25, -0.2) is 9.18 Å². The molecule has 4 aromatic carbocycles. The Balaban J connectivity index is 1.36. The fourth-order valence-corrected chi connectivity index (χ4v) is 7.17. The first-order chi connectivity index (χ1) is 23.6. The van der Waals surface area contributed by atoms with Crippen molar-refractivity contribution in [2.45, 2.75) is 43.5 Å². The Hall–Kier alpha value is -4.74. The number of carbonyl (C=O) groups is 1. The Kier molecular flexibility index (Phi) is 8.66. The van der Waals surface area contributed by atoms with Crippen LogP contribution in [-0.4, -0.2) is 39.6 Å². The molecule has 0 saturated carbocycles. The molecule has 0 radical (unpaired) electrons. The van der Waals surface area contributed by atoms with E-state index in [2.05, 4.69) is 15.9 Å². The average Bonchev–Trinajstić information content (AvgIpc) is 3.56. The summed E-state index contributed by atoms with van der Waals surface area (Å²) in [5, 5.41) is 0. The molecule has 1 aliphatic carbocycles. The smallest absolute Gasteiger partial charge is 0.339 e. The Labute approximate surface area is 290 Å². The lowest BCUT2D eigenvalue weighted by Crippen LogP contribution is -2.46. The molecule has 1 saturated heterocycles. The summed E-state index contributed by atoms with van der Waals surface area (Å²) in [6, 6.07) is 35.7. The molecule has 2 aliphatic rings. The number of ether oxygens (including phenoxy) is 3. The largest absolute Gasteiger partial charge is 0.356 e. The van der Waals surface area contributed by atoms with E-state index in [4.69, 9.17) is 14.2 Å². The van der Waals surface area contributed by atoms with Gasteiger partial charge in [0.2, 0.25) is 0 Å². The third kappa shape index (κ3) is 5.74. The predicted octanol–water partition coefficient (Wildman–Crippen LogP) is 6.77. The van der Waals surface area contributed by atoms with Crippen molar-refractivity contribution in [2.24, 2.45) is 0 Å². The number of hydrogen-bond acceptors (Lipinski definition) is 6. The maximum atomic E-state index is 17.1. The van der Waals surface area contributed by atoms with Gasteiger partial charge in [-0.2, -0.15) is 4.57 Å². The van der Waals surface area contributed by atoms with Crippen LogP contribution < -0.4 is 11.2 Å². The highest BCUT2D eigenvalue weighted by Gasteiger charge is 2.56. The van der Waals surface area contributed by atoms with Crippen molar-refractivity contribution < 1.29 is 23.4 Å². The van der Waals surface area contributed by atoms with Crippen LogP contribution in [0.15, 0.2) is 153 Å². The van der Waals surface area contributed by atoms with Crippen molar-refractivity contribution >= 4 is 21.8 Å². The summed E-state index contributed by atoms with van der Waals surface area (Å²) in [5.74, 6) is -2.68. The van der Waals surface area contributed by atoms with Gasteiger partial charge in [0.1, 0.15) is 29.7 Å². The standard InChI is InChI=1S/C39H32BrFN2O6/c1-38(2)48-33-29(24-47-39(26-17-9-4-10-18-26,27-19-11-5-12-20-27)28-21-13-6-14-22-28)31(41)32(34(33)49-38)42-23-30(40)36(45)43(37(42)46)35(44)25-15-7-3-8-16-25/h3-23,32-34H,24H2,1-2H3/t32-,33-,34?/m1/s1. The highest BCUT2D eigenvalue weighted by molar-refractivity contribution is 9.10. The van der Waals surface area contributed by atoms with Crippen molar-refractivity contribution in [2.75, 3.05) is 6.61 Å². The van der Waals surface area contributed by atoms with Crippen molar-refractivity contribution in [1.29, 1.82) is 0 Å². The minimum Gasteiger partial charge on any atom is -0.356 e. The number of hydrogen-bond donors (Lipinski definition) is 0. The molecule has 8 nitrogen and oxygen atoms in total. The molecule has 1 aliphatic heterocycles. The van der Waals surface area contributed by atoms with E-state index in [1.54, 1.807) is 32.0 Å². The highest BCUT2D eigenvalue weighted by Crippen LogP contribution is 2.49. The third-order valence-corrected chi connectivity index (χ3v) is 9.47. The first kappa shape index (κ1) is 32.8. The number of carbonyl (C=O) groups excluding carboxylic acids is 1. The fourth-order valence-electron chi connectivity index (χ4n) is 6.78. The van der Waals surface area contributed by atoms with Crippen LogP contribution in [0, 0.1) is 0 Å². The summed E-state index contributed by atoms with van der Waals surface area (Å²) >= 11 is 3.20. The lowest BCUT2D eigenvalue weighted by Gasteiger charge is -2.36. The van der Waals surface area contributed by atoms with Gasteiger partial charge in [-0.3, -0.25) is 14.2 Å². The molecule has 1 unspecified atom stereocenters. The SMILES string of the molecule is CC1(C)OC2[C@H](O1)C(COC(c1ccccc1)(c1ccccc1)c1ccccc1)=C(F)[C@H]2n1cc(Br)c(=O)n(C(=O)c2ccccc2)c1=O. The molecular weight excluding hydrogens is 691 g/mol. The van der Waals surface area contributed by atoms with Crippen LogP contribution in [-0.2, 0) is 19.8 Å². The molecule has 248 valence electrons. The summed E-state index contributed by atoms with van der Waals surface area (Å²) in [7, 11) is 0. The zero-order chi connectivity index (χ0) is 34.3. The molecule has 49 heavy (non-hydrogen) atoms. The second kappa shape index (κ2) is 12.9. The van der Waals surface area contributed by atoms with Crippen molar-refractivity contribution in [3.05, 3.63) is 186 Å². The van der Waals surface area contributed by atoms with Gasteiger partial charge in [-0.1, -0.05) is 109 Å². The second-order valence-electron chi connectivity index (χ2n) is 12.4. The van der Waals surface area contributed by atoms with Gasteiger partial charge in [0, 0.05) is 17.3 Å². The van der Waals surface area contributed by atoms with Crippen molar-refractivity contribution in [3.63, 3.8) is 0 Å². The van der Waals surface area contributed by atoms with Crippen LogP contribution in [0.5, 0.6) is 0 Å². The number of nitrogens with zero attached hydrogens (tertiary/aromatic N) is 2. The third-order valence-electron chi connectivity index (χ3n) is 8.93. The molecule has 1 aromatic heterocycles. The van der Waals surface area contributed by atoms with Gasteiger partial charge in [-0.15, -0.1) is 0 Å². The molecular formula is C39H32BrFN2O6. The maximum absolute atomic E-state index is 17.1. The number of fused-ring (bicyclic) bond motifs is 1. The molecule has 0 amide bonds. The Bertz CT molecular complexity index is 2050. The summed E-state index contributed by atoms with van der Waals surface area (Å²) < 4.78 is 37.9. The summed E-state index contributed by atoms with van der Waals surface area (Å²) in [6.07, 6.45) is -0.743. The van der Waals surface area contributed by atoms with E-state index < -0.39 is 52.6 Å². The summed E-state index contributed by atoms with van der Waals surface area (Å²) in [6.45, 7) is 3.18. The molecule has 1 fully saturated rings. The first-order valence-corrected chi connectivity index (χ1v) is 16.6. The first-order valence-electron chi connectivity index (χ1n) is 15.8. The van der Waals surface area contributed by atoms with Crippen LogP contribution in [0.3, 0.4) is 0 Å². The van der Waals surface area contributed by atoms with E-state index in [0.29, 0.717) is 4.57 Å². The van der Waals surface area contributed by atoms with E-state index in [1.165, 1.54) is 18.3 Å². The van der Waals surface area contributed by atoms with Gasteiger partial charge in [0.05, 0.1) is 11.1 Å². The van der Waals surface area contributed by atoms with E-state index >= 15 is 4.39 Å². The maximum Gasteiger partial charge on any atom is 0.339 e. The van der Waals surface area contributed by atoms with Gasteiger partial charge < -0.3 is 14.2 Å². The number of aromatic nitrogens is 2. The van der Waals surface area contributed by atoms with Crippen LogP contribution in [0.1, 0.15) is 46.9 Å². The predicted molar refractivity (Wildman–Crippen MR) is 185 cm³/mol. The van der Waals surface area contributed by atoms with Crippen LogP contribution >= 0.6 is 15.9 Å². The highest BCUT2D eigenvalue weighted by atomic mass is 79.9. The van der Waals surface area contributed by atoms with Crippen LogP contribution in [0.25, 0.3) is 0 Å². The number of rotatable bonds is 8. The molecule has 10 heteroatoms. The van der Waals surface area contributed by atoms with Gasteiger partial charge in [0.15, 0.2) is 5.79 Å². The van der Waals surface area contributed by atoms with E-state index in [-0.39, 0.29) is 22.2 Å². The summed E-state index contributed by atoms with van der Waals surface area (Å²) in [5.41, 5.74) is -0.262. The molecule has 7 rings (SSSR count). The summed E-state index contributed by atoms with van der Waals surface area (Å²) in [4.78, 5) is 40.6. The fraction of sp³-hybridized carbons (Fsp3) is 0.205. The minimum atomic E-state index is -1.36. The van der Waals surface area contributed by atoms with E-state index in [0.717, 1.165) is 21.3 Å². The zero-order valence-corrected chi connectivity index (χ0v) is 28.2. The second-order valence-corrected chi connectivity index (χ2v) is 13.2. The Morgan fingerprint density at radius 3 is 1.82 bits per heavy atom. The molecule has 0 spiro atoms. The Morgan fingerprint density at radius 2 is 1.31 bits per heavy atom. The lowest BCUT2D eigenvalue weighted by molar-refractivity contribution is -0.150. The Morgan fingerprint density at radius 1 is 0.816 bits per heavy atom. The topological polar surface area (TPSA) is 88.8 Å². The molecule has 2 heterocycles. The van der Waals surface area contributed by atoms with Gasteiger partial charge in [-0.05, 0) is 58.6 Å². The van der Waals surface area contributed by atoms with Crippen molar-refractivity contribution in [1.82, 2.24) is 9.13 Å². The zero-order valence-electron chi connectivity index (χ0n) is 26.7. The van der Waals surface area contributed by atoms with Crippen molar-refractivity contribution in [3.8, 4) is 0 Å². The molecule has 3 atom stereocenters. The van der Waals surface area contributed by atoms with Crippen LogP contribution in [0.2, 0.25) is 0 Å². The monoisotopic (exact) mass is 722 g/mol. The molecule has 0 N–H and O–H groups in total. The average molecular weight is 724 g/mol. The minimum absolute atomic E-state index is 0.0974.